The molecule has 2 aromatic rings. The molecule has 1 aromatic heterocycles. The molecule has 0 saturated heterocycles. The molecular formula is C14H14BrNOS. The average molecular weight is 324 g/mol. The Labute approximate surface area is 119 Å². The predicted molar refractivity (Wildman–Crippen MR) is 79.2 cm³/mol. The molecule has 4 heteroatoms. The molecule has 1 amide bonds. The Balaban J connectivity index is 1.93. The molecule has 0 aliphatic rings. The lowest BCUT2D eigenvalue weighted by molar-refractivity contribution is 0.0955. The van der Waals surface area contributed by atoms with Gasteiger partial charge in [-0.25, -0.2) is 0 Å². The van der Waals surface area contributed by atoms with Crippen LogP contribution in [0.5, 0.6) is 0 Å². The topological polar surface area (TPSA) is 29.1 Å². The van der Waals surface area contributed by atoms with Crippen molar-refractivity contribution in [2.45, 2.75) is 12.8 Å². The van der Waals surface area contributed by atoms with Crippen LogP contribution in [0.2, 0.25) is 0 Å². The second-order valence-electron chi connectivity index (χ2n) is 4.12. The lowest BCUT2D eigenvalue weighted by Gasteiger charge is -2.12. The fourth-order valence-corrected chi connectivity index (χ4v) is 3.15. The van der Waals surface area contributed by atoms with Crippen LogP contribution in [-0.2, 0) is 0 Å². The van der Waals surface area contributed by atoms with Crippen molar-refractivity contribution < 1.29 is 4.79 Å². The summed E-state index contributed by atoms with van der Waals surface area (Å²) >= 11 is 4.81. The molecule has 0 aliphatic carbocycles. The van der Waals surface area contributed by atoms with Gasteiger partial charge in [-0.3, -0.25) is 4.79 Å². The van der Waals surface area contributed by atoms with E-state index in [-0.39, 0.29) is 5.91 Å². The highest BCUT2D eigenvalue weighted by Gasteiger charge is 2.12. The zero-order valence-corrected chi connectivity index (χ0v) is 12.4. The molecule has 18 heavy (non-hydrogen) atoms. The van der Waals surface area contributed by atoms with Crippen LogP contribution in [0, 0.1) is 0 Å². The summed E-state index contributed by atoms with van der Waals surface area (Å²) in [5, 5.41) is 4.87. The minimum Gasteiger partial charge on any atom is -0.351 e. The third kappa shape index (κ3) is 3.21. The number of carbonyl (C=O) groups is 1. The van der Waals surface area contributed by atoms with Crippen LogP contribution in [0.3, 0.4) is 0 Å². The first-order valence-corrected chi connectivity index (χ1v) is 7.42. The van der Waals surface area contributed by atoms with E-state index in [0.717, 1.165) is 9.35 Å². The largest absolute Gasteiger partial charge is 0.351 e. The maximum absolute atomic E-state index is 11.9. The first-order chi connectivity index (χ1) is 8.68. The van der Waals surface area contributed by atoms with Crippen molar-refractivity contribution in [3.63, 3.8) is 0 Å². The maximum atomic E-state index is 11.9. The van der Waals surface area contributed by atoms with Crippen LogP contribution in [0.1, 0.15) is 28.1 Å². The molecule has 2 rings (SSSR count). The fraction of sp³-hybridized carbons (Fsp3) is 0.214. The number of rotatable bonds is 4. The molecule has 1 atom stereocenters. The number of carbonyl (C=O) groups excluding carboxylic acids is 1. The van der Waals surface area contributed by atoms with Crippen LogP contribution in [0.15, 0.2) is 46.3 Å². The lowest BCUT2D eigenvalue weighted by atomic mass is 10.0. The van der Waals surface area contributed by atoms with Gasteiger partial charge in [-0.1, -0.05) is 37.3 Å². The molecule has 0 radical (unpaired) electrons. The van der Waals surface area contributed by atoms with Crippen molar-refractivity contribution in [1.29, 1.82) is 0 Å². The van der Waals surface area contributed by atoms with Crippen molar-refractivity contribution in [2.24, 2.45) is 0 Å². The van der Waals surface area contributed by atoms with Gasteiger partial charge in [-0.2, -0.15) is 0 Å². The zero-order valence-electron chi connectivity index (χ0n) is 10.0. The molecule has 0 aliphatic heterocycles. The number of hydrogen-bond acceptors (Lipinski definition) is 2. The summed E-state index contributed by atoms with van der Waals surface area (Å²) < 4.78 is 0.859. The third-order valence-corrected chi connectivity index (χ3v) is 4.60. The van der Waals surface area contributed by atoms with Crippen molar-refractivity contribution >= 4 is 33.2 Å². The maximum Gasteiger partial charge on any atom is 0.262 e. The van der Waals surface area contributed by atoms with Crippen LogP contribution < -0.4 is 5.32 Å². The van der Waals surface area contributed by atoms with Gasteiger partial charge in [-0.15, -0.1) is 11.3 Å². The molecule has 94 valence electrons. The van der Waals surface area contributed by atoms with Gasteiger partial charge in [0.05, 0.1) is 0 Å². The average Bonchev–Trinajstić information content (AvgIpc) is 2.83. The summed E-state index contributed by atoms with van der Waals surface area (Å²) in [5.74, 6) is 0.300. The number of hydrogen-bond donors (Lipinski definition) is 1. The van der Waals surface area contributed by atoms with Crippen molar-refractivity contribution in [2.75, 3.05) is 6.54 Å². The van der Waals surface area contributed by atoms with Gasteiger partial charge >= 0.3 is 0 Å². The molecule has 1 heterocycles. The minimum absolute atomic E-state index is 0.0142. The Morgan fingerprint density at radius 2 is 2.06 bits per heavy atom. The monoisotopic (exact) mass is 323 g/mol. The van der Waals surface area contributed by atoms with Crippen LogP contribution in [0.25, 0.3) is 0 Å². The van der Waals surface area contributed by atoms with Crippen molar-refractivity contribution in [3.05, 3.63) is 56.7 Å². The summed E-state index contributed by atoms with van der Waals surface area (Å²) in [5.41, 5.74) is 1.24. The minimum atomic E-state index is -0.0142. The SMILES string of the molecule is CC(CNC(=O)c1sccc1Br)c1ccccc1. The van der Waals surface area contributed by atoms with E-state index in [1.54, 1.807) is 0 Å². The first kappa shape index (κ1) is 13.3. The van der Waals surface area contributed by atoms with E-state index in [4.69, 9.17) is 0 Å². The van der Waals surface area contributed by atoms with Gasteiger partial charge in [0.25, 0.3) is 5.91 Å². The highest BCUT2D eigenvalue weighted by atomic mass is 79.9. The van der Waals surface area contributed by atoms with E-state index in [1.165, 1.54) is 16.9 Å². The van der Waals surface area contributed by atoms with Gasteiger partial charge in [0, 0.05) is 11.0 Å². The molecule has 0 fully saturated rings. The second kappa shape index (κ2) is 6.16. The lowest BCUT2D eigenvalue weighted by Crippen LogP contribution is -2.27. The quantitative estimate of drug-likeness (QED) is 0.903. The Morgan fingerprint density at radius 3 is 2.67 bits per heavy atom. The summed E-state index contributed by atoms with van der Waals surface area (Å²) in [6, 6.07) is 12.1. The normalized spacial score (nSPS) is 12.1. The van der Waals surface area contributed by atoms with Crippen molar-refractivity contribution in [3.8, 4) is 0 Å². The van der Waals surface area contributed by atoms with E-state index in [0.29, 0.717) is 12.5 Å². The third-order valence-electron chi connectivity index (χ3n) is 2.76. The van der Waals surface area contributed by atoms with Crippen LogP contribution in [0.4, 0.5) is 0 Å². The molecular weight excluding hydrogens is 310 g/mol. The second-order valence-corrected chi connectivity index (χ2v) is 5.89. The van der Waals surface area contributed by atoms with E-state index >= 15 is 0 Å². The molecule has 1 aromatic carbocycles. The highest BCUT2D eigenvalue weighted by molar-refractivity contribution is 9.10. The Morgan fingerprint density at radius 1 is 1.33 bits per heavy atom. The van der Waals surface area contributed by atoms with E-state index in [9.17, 15) is 4.79 Å². The molecule has 0 saturated carbocycles. The van der Waals surface area contributed by atoms with Gasteiger partial charge in [0.2, 0.25) is 0 Å². The first-order valence-electron chi connectivity index (χ1n) is 5.74. The molecule has 0 spiro atoms. The van der Waals surface area contributed by atoms with Gasteiger partial charge < -0.3 is 5.32 Å². The smallest absolute Gasteiger partial charge is 0.262 e. The van der Waals surface area contributed by atoms with Gasteiger partial charge in [0.15, 0.2) is 0 Å². The van der Waals surface area contributed by atoms with Crippen molar-refractivity contribution in [1.82, 2.24) is 5.32 Å². The summed E-state index contributed by atoms with van der Waals surface area (Å²) in [4.78, 5) is 12.7. The summed E-state index contributed by atoms with van der Waals surface area (Å²) in [6.45, 7) is 2.76. The number of nitrogens with one attached hydrogen (secondary N) is 1. The Bertz CT molecular complexity index is 524. The highest BCUT2D eigenvalue weighted by Crippen LogP contribution is 2.22. The Hall–Kier alpha value is -1.13. The van der Waals surface area contributed by atoms with Crippen LogP contribution in [-0.4, -0.2) is 12.5 Å². The van der Waals surface area contributed by atoms with E-state index < -0.39 is 0 Å². The number of benzene rings is 1. The van der Waals surface area contributed by atoms with Crippen LogP contribution >= 0.6 is 27.3 Å². The Kier molecular flexibility index (Phi) is 4.55. The summed E-state index contributed by atoms with van der Waals surface area (Å²) in [7, 11) is 0. The molecule has 1 N–H and O–H groups in total. The zero-order chi connectivity index (χ0) is 13.0. The fourth-order valence-electron chi connectivity index (χ4n) is 1.68. The predicted octanol–water partition coefficient (Wildman–Crippen LogP) is 4.04. The molecule has 2 nitrogen and oxygen atoms in total. The summed E-state index contributed by atoms with van der Waals surface area (Å²) in [6.07, 6.45) is 0. The molecule has 0 bridgehead atoms. The van der Waals surface area contributed by atoms with Gasteiger partial charge in [-0.05, 0) is 38.9 Å². The number of amides is 1. The number of thiophene rings is 1. The number of halogens is 1. The van der Waals surface area contributed by atoms with E-state index in [2.05, 4.69) is 40.3 Å². The van der Waals surface area contributed by atoms with Gasteiger partial charge in [0.1, 0.15) is 4.88 Å². The molecule has 1 unspecified atom stereocenters. The standard InChI is InChI=1S/C14H14BrNOS/c1-10(11-5-3-2-4-6-11)9-16-14(17)13-12(15)7-8-18-13/h2-8,10H,9H2,1H3,(H,16,17). The van der Waals surface area contributed by atoms with E-state index in [1.807, 2.05) is 29.6 Å².